The van der Waals surface area contributed by atoms with Crippen LogP contribution in [0.3, 0.4) is 0 Å². The number of carbonyl (C=O) groups excluding carboxylic acids is 1. The molecule has 0 aliphatic rings. The summed E-state index contributed by atoms with van der Waals surface area (Å²) in [7, 11) is 1.47. The highest BCUT2D eigenvalue weighted by molar-refractivity contribution is 7.17. The van der Waals surface area contributed by atoms with Crippen LogP contribution in [0.1, 0.15) is 22.7 Å². The molecule has 2 aromatic heterocycles. The maximum Gasteiger partial charge on any atom is 0.217 e. The number of ether oxygens (including phenoxy) is 1. The highest BCUT2D eigenvalue weighted by Crippen LogP contribution is 2.24. The first-order chi connectivity index (χ1) is 9.51. The Morgan fingerprint density at radius 2 is 2.19 bits per heavy atom. The van der Waals surface area contributed by atoms with E-state index in [1.54, 1.807) is 0 Å². The average Bonchev–Trinajstić information content (AvgIpc) is 2.77. The Morgan fingerprint density at radius 3 is 2.57 bits per heavy atom. The molecule has 2 heterocycles. The van der Waals surface area contributed by atoms with E-state index >= 15 is 0 Å². The maximum absolute atomic E-state index is 12.5. The molecule has 0 aromatic carbocycles. The molecule has 0 spiro atoms. The number of halogens is 3. The monoisotopic (exact) mass is 353 g/mol. The molecule has 0 bridgehead atoms. The number of hydrogen-bond donors (Lipinski definition) is 1. The Morgan fingerprint density at radius 1 is 1.52 bits per heavy atom. The topological polar surface area (TPSA) is 78.1 Å². The van der Waals surface area contributed by atoms with Gasteiger partial charge >= 0.3 is 0 Å². The highest BCUT2D eigenvalue weighted by Gasteiger charge is 2.04. The number of methoxy groups -OCH3 is 1. The lowest BCUT2D eigenvalue weighted by molar-refractivity contribution is 0.112. The lowest BCUT2D eigenvalue weighted by Gasteiger charge is -2.03. The Hall–Kier alpha value is -1.28. The number of aromatic nitrogens is 2. The number of hydrogen-bond acceptors (Lipinski definition) is 6. The van der Waals surface area contributed by atoms with Crippen molar-refractivity contribution in [3.63, 3.8) is 0 Å². The lowest BCUT2D eigenvalue weighted by Crippen LogP contribution is -2.02. The molecule has 0 aliphatic carbocycles. The van der Waals surface area contributed by atoms with Gasteiger partial charge in [0.2, 0.25) is 5.88 Å². The molecular formula is C12H14Cl2FN3O2S. The van der Waals surface area contributed by atoms with Gasteiger partial charge in [0.25, 0.3) is 0 Å². The minimum absolute atomic E-state index is 0. The summed E-state index contributed by atoms with van der Waals surface area (Å²) >= 11 is 11.9. The van der Waals surface area contributed by atoms with Gasteiger partial charge in [-0.05, 0) is 6.07 Å². The quantitative estimate of drug-likeness (QED) is 0.853. The van der Waals surface area contributed by atoms with Crippen molar-refractivity contribution in [2.45, 2.75) is 14.0 Å². The summed E-state index contributed by atoms with van der Waals surface area (Å²) in [5.41, 5.74) is 5.88. The number of rotatable bonds is 3. The summed E-state index contributed by atoms with van der Waals surface area (Å²) in [5.74, 6) is -0.0137. The van der Waals surface area contributed by atoms with Gasteiger partial charge in [-0.15, -0.1) is 0 Å². The van der Waals surface area contributed by atoms with Gasteiger partial charge in [-0.3, -0.25) is 4.79 Å². The van der Waals surface area contributed by atoms with Crippen LogP contribution < -0.4 is 10.5 Å². The highest BCUT2D eigenvalue weighted by atomic mass is 35.5. The second-order valence-corrected chi connectivity index (χ2v) is 5.24. The number of pyridine rings is 1. The van der Waals surface area contributed by atoms with E-state index in [1.807, 2.05) is 0 Å². The molecule has 21 heavy (non-hydrogen) atoms. The van der Waals surface area contributed by atoms with Crippen molar-refractivity contribution < 1.29 is 13.9 Å². The molecule has 0 fully saturated rings. The van der Waals surface area contributed by atoms with Crippen molar-refractivity contribution >= 4 is 40.8 Å². The van der Waals surface area contributed by atoms with Crippen LogP contribution in [-0.4, -0.2) is 23.4 Å². The Bertz CT molecular complexity index is 596. The van der Waals surface area contributed by atoms with Crippen molar-refractivity contribution in [1.29, 1.82) is 0 Å². The molecule has 116 valence electrons. The van der Waals surface area contributed by atoms with Crippen molar-refractivity contribution in [2.24, 2.45) is 5.73 Å². The van der Waals surface area contributed by atoms with Gasteiger partial charge in [0, 0.05) is 12.1 Å². The standard InChI is InChI=1S/C7H9FN2O.C4HCl2NOS.CH4/c1-11-7-5(3-9)2-6(8)4-10-7;5-3-2(1-8)9-4(6)7-3;/h2,4H,3,9H2,1H3;1H;1H4. The lowest BCUT2D eigenvalue weighted by atomic mass is 10.3. The zero-order valence-corrected chi connectivity index (χ0v) is 12.6. The molecule has 2 N–H and O–H groups in total. The number of carbonyl (C=O) groups is 1. The first kappa shape index (κ1) is 19.7. The largest absolute Gasteiger partial charge is 0.481 e. The summed E-state index contributed by atoms with van der Waals surface area (Å²) in [6.07, 6.45) is 1.73. The van der Waals surface area contributed by atoms with E-state index in [1.165, 1.54) is 13.2 Å². The number of nitrogens with zero attached hydrogens (tertiary/aromatic N) is 2. The summed E-state index contributed by atoms with van der Waals surface area (Å²) < 4.78 is 17.6. The van der Waals surface area contributed by atoms with Gasteiger partial charge in [-0.1, -0.05) is 42.0 Å². The van der Waals surface area contributed by atoms with Crippen LogP contribution in [0.2, 0.25) is 9.62 Å². The second-order valence-electron chi connectivity index (χ2n) is 3.27. The summed E-state index contributed by atoms with van der Waals surface area (Å²) in [5, 5.41) is 0.181. The van der Waals surface area contributed by atoms with E-state index in [-0.39, 0.29) is 19.1 Å². The van der Waals surface area contributed by atoms with Crippen LogP contribution in [0.15, 0.2) is 12.3 Å². The minimum Gasteiger partial charge on any atom is -0.481 e. The van der Waals surface area contributed by atoms with Gasteiger partial charge in [-0.2, -0.15) is 0 Å². The van der Waals surface area contributed by atoms with E-state index in [9.17, 15) is 9.18 Å². The first-order valence-electron chi connectivity index (χ1n) is 5.17. The maximum atomic E-state index is 12.5. The number of aldehydes is 1. The summed E-state index contributed by atoms with van der Waals surface area (Å²) in [6.45, 7) is 0.230. The molecule has 0 radical (unpaired) electrons. The van der Waals surface area contributed by atoms with Gasteiger partial charge in [0.05, 0.1) is 13.3 Å². The van der Waals surface area contributed by atoms with Crippen LogP contribution >= 0.6 is 34.5 Å². The van der Waals surface area contributed by atoms with E-state index < -0.39 is 5.82 Å². The van der Waals surface area contributed by atoms with Gasteiger partial charge in [0.1, 0.15) is 10.7 Å². The van der Waals surface area contributed by atoms with E-state index in [4.69, 9.17) is 33.7 Å². The molecule has 0 unspecified atom stereocenters. The Labute approximate surface area is 135 Å². The van der Waals surface area contributed by atoms with Crippen LogP contribution in [-0.2, 0) is 6.54 Å². The molecule has 0 amide bonds. The fourth-order valence-corrected chi connectivity index (χ4v) is 2.33. The van der Waals surface area contributed by atoms with Crippen LogP contribution in [0.4, 0.5) is 4.39 Å². The fraction of sp³-hybridized carbons (Fsp3) is 0.250. The van der Waals surface area contributed by atoms with E-state index in [0.29, 0.717) is 27.1 Å². The number of nitrogens with two attached hydrogens (primary N) is 1. The predicted octanol–water partition coefficient (Wildman–Crippen LogP) is 3.59. The second kappa shape index (κ2) is 9.62. The van der Waals surface area contributed by atoms with Gasteiger partial charge in [-0.25, -0.2) is 14.4 Å². The fourth-order valence-electron chi connectivity index (χ4n) is 1.16. The Balaban J connectivity index is 0.000000370. The Kier molecular flexibility index (Phi) is 9.03. The summed E-state index contributed by atoms with van der Waals surface area (Å²) in [6, 6.07) is 1.31. The zero-order chi connectivity index (χ0) is 15.1. The summed E-state index contributed by atoms with van der Waals surface area (Å²) in [4.78, 5) is 17.7. The van der Waals surface area contributed by atoms with Crippen LogP contribution in [0.25, 0.3) is 0 Å². The third-order valence-electron chi connectivity index (χ3n) is 2.00. The smallest absolute Gasteiger partial charge is 0.217 e. The normalized spacial score (nSPS) is 9.19. The molecule has 0 aliphatic heterocycles. The van der Waals surface area contributed by atoms with E-state index in [0.717, 1.165) is 17.5 Å². The molecule has 9 heteroatoms. The van der Waals surface area contributed by atoms with Crippen LogP contribution in [0.5, 0.6) is 5.88 Å². The van der Waals surface area contributed by atoms with Crippen molar-refractivity contribution in [2.75, 3.05) is 7.11 Å². The van der Waals surface area contributed by atoms with E-state index in [2.05, 4.69) is 9.97 Å². The average molecular weight is 354 g/mol. The molecule has 2 rings (SSSR count). The van der Waals surface area contributed by atoms with Crippen molar-refractivity contribution in [3.8, 4) is 5.88 Å². The van der Waals surface area contributed by atoms with Crippen LogP contribution in [0, 0.1) is 5.82 Å². The van der Waals surface area contributed by atoms with Gasteiger partial charge < -0.3 is 10.5 Å². The zero-order valence-electron chi connectivity index (χ0n) is 10.3. The molecular weight excluding hydrogens is 340 g/mol. The predicted molar refractivity (Wildman–Crippen MR) is 82.9 cm³/mol. The minimum atomic E-state index is -0.397. The molecule has 5 nitrogen and oxygen atoms in total. The first-order valence-corrected chi connectivity index (χ1v) is 6.74. The third kappa shape index (κ3) is 5.92. The molecule has 0 saturated heterocycles. The van der Waals surface area contributed by atoms with Crippen molar-refractivity contribution in [1.82, 2.24) is 9.97 Å². The number of thiazole rings is 1. The third-order valence-corrected chi connectivity index (χ3v) is 3.48. The molecule has 2 aromatic rings. The van der Waals surface area contributed by atoms with Crippen molar-refractivity contribution in [3.05, 3.63) is 38.1 Å². The molecule has 0 saturated carbocycles. The SMILES string of the molecule is C.COc1ncc(F)cc1CN.O=Cc1sc(Cl)nc1Cl. The van der Waals surface area contributed by atoms with Gasteiger partial charge in [0.15, 0.2) is 15.9 Å². The molecule has 0 atom stereocenters.